The van der Waals surface area contributed by atoms with Gasteiger partial charge in [-0.1, -0.05) is 115 Å². The van der Waals surface area contributed by atoms with Gasteiger partial charge in [-0.25, -0.2) is 4.68 Å². The first-order valence-corrected chi connectivity index (χ1v) is 12.1. The van der Waals surface area contributed by atoms with Crippen molar-refractivity contribution in [1.29, 1.82) is 0 Å². The molecule has 0 fully saturated rings. The average molecular weight is 464 g/mol. The number of para-hydroxylation sites is 3. The van der Waals surface area contributed by atoms with Gasteiger partial charge in [0.25, 0.3) is 0 Å². The Balaban J connectivity index is 1.75. The molecule has 0 N–H and O–H groups in total. The lowest BCUT2D eigenvalue weighted by Gasteiger charge is -2.27. The highest BCUT2D eigenvalue weighted by Gasteiger charge is 2.28. The van der Waals surface area contributed by atoms with Crippen LogP contribution in [0.2, 0.25) is 0 Å². The monoisotopic (exact) mass is 463 g/mol. The summed E-state index contributed by atoms with van der Waals surface area (Å²) >= 11 is 0. The van der Waals surface area contributed by atoms with E-state index in [1.54, 1.807) is 0 Å². The number of hydrogen-bond donors (Lipinski definition) is 0. The van der Waals surface area contributed by atoms with Crippen molar-refractivity contribution < 1.29 is 0 Å². The Morgan fingerprint density at radius 2 is 0.861 bits per heavy atom. The molecule has 0 bridgehead atoms. The Labute approximate surface area is 211 Å². The lowest BCUT2D eigenvalue weighted by atomic mass is 10.0. The largest absolute Gasteiger partial charge is 0.306 e. The maximum atomic E-state index is 5.27. The highest BCUT2D eigenvalue weighted by molar-refractivity contribution is 5.95. The van der Waals surface area contributed by atoms with Crippen molar-refractivity contribution in [3.63, 3.8) is 0 Å². The average Bonchev–Trinajstić information content (AvgIpc) is 3.36. The van der Waals surface area contributed by atoms with Crippen LogP contribution in [0.3, 0.4) is 0 Å². The minimum absolute atomic E-state index is 0.922. The van der Waals surface area contributed by atoms with Crippen LogP contribution < -0.4 is 4.90 Å². The van der Waals surface area contributed by atoms with Gasteiger partial charge in [0.05, 0.1) is 11.4 Å². The van der Waals surface area contributed by atoms with Crippen molar-refractivity contribution >= 4 is 17.1 Å². The van der Waals surface area contributed by atoms with E-state index < -0.39 is 0 Å². The standard InChI is InChI=1S/C33H25N3/c1-6-16-26(17-7-1)31-33(35(28-20-10-3-11-21-28)29-22-12-4-13-23-29)32(27-18-8-2-9-19-27)36(34-31)30-24-14-5-15-25-30/h1-25H. The van der Waals surface area contributed by atoms with Crippen molar-refractivity contribution in [2.24, 2.45) is 0 Å². The molecule has 0 aliphatic rings. The van der Waals surface area contributed by atoms with Crippen LogP contribution in [0.4, 0.5) is 17.1 Å². The minimum Gasteiger partial charge on any atom is -0.306 e. The highest BCUT2D eigenvalue weighted by Crippen LogP contribution is 2.47. The van der Waals surface area contributed by atoms with Gasteiger partial charge in [-0.3, -0.25) is 0 Å². The third kappa shape index (κ3) is 4.08. The molecule has 6 rings (SSSR count). The normalized spacial score (nSPS) is 10.8. The fourth-order valence-electron chi connectivity index (χ4n) is 4.58. The van der Waals surface area contributed by atoms with Crippen LogP contribution in [0, 0.1) is 0 Å². The molecule has 1 aromatic heterocycles. The molecular formula is C33H25N3. The number of benzene rings is 5. The lowest BCUT2D eigenvalue weighted by Crippen LogP contribution is -2.11. The summed E-state index contributed by atoms with van der Waals surface area (Å²) in [6, 6.07) is 52.3. The fourth-order valence-corrected chi connectivity index (χ4v) is 4.58. The van der Waals surface area contributed by atoms with Crippen LogP contribution in [0.1, 0.15) is 0 Å². The number of anilines is 3. The maximum Gasteiger partial charge on any atom is 0.117 e. The summed E-state index contributed by atoms with van der Waals surface area (Å²) in [5.41, 5.74) is 8.32. The molecule has 36 heavy (non-hydrogen) atoms. The van der Waals surface area contributed by atoms with Gasteiger partial charge >= 0.3 is 0 Å². The predicted octanol–water partition coefficient (Wildman–Crippen LogP) is 8.68. The fraction of sp³-hybridized carbons (Fsp3) is 0. The summed E-state index contributed by atoms with van der Waals surface area (Å²) in [4.78, 5) is 2.32. The van der Waals surface area contributed by atoms with E-state index in [2.05, 4.69) is 149 Å². The van der Waals surface area contributed by atoms with Gasteiger partial charge in [0, 0.05) is 22.5 Å². The SMILES string of the molecule is c1ccc(-c2nn(-c3ccccc3)c(-c3ccccc3)c2N(c2ccccc2)c2ccccc2)cc1. The van der Waals surface area contributed by atoms with E-state index in [0.29, 0.717) is 0 Å². The van der Waals surface area contributed by atoms with Gasteiger partial charge in [-0.2, -0.15) is 5.10 Å². The molecule has 5 aromatic carbocycles. The third-order valence-corrected chi connectivity index (χ3v) is 6.21. The molecule has 6 aromatic rings. The van der Waals surface area contributed by atoms with Crippen LogP contribution in [0.5, 0.6) is 0 Å². The lowest BCUT2D eigenvalue weighted by molar-refractivity contribution is 0.892. The summed E-state index contributed by atoms with van der Waals surface area (Å²) in [5, 5.41) is 5.27. The molecule has 172 valence electrons. The summed E-state index contributed by atoms with van der Waals surface area (Å²) in [7, 11) is 0. The molecule has 0 radical (unpaired) electrons. The first-order chi connectivity index (χ1) is 17.9. The van der Waals surface area contributed by atoms with Gasteiger partial charge in [0.15, 0.2) is 0 Å². The van der Waals surface area contributed by atoms with E-state index in [4.69, 9.17) is 5.10 Å². The zero-order chi connectivity index (χ0) is 24.2. The van der Waals surface area contributed by atoms with Crippen LogP contribution >= 0.6 is 0 Å². The molecule has 0 saturated heterocycles. The molecule has 3 nitrogen and oxygen atoms in total. The summed E-state index contributed by atoms with van der Waals surface area (Å²) in [6.07, 6.45) is 0. The van der Waals surface area contributed by atoms with Crippen LogP contribution in [-0.2, 0) is 0 Å². The van der Waals surface area contributed by atoms with E-state index in [1.807, 2.05) is 12.1 Å². The van der Waals surface area contributed by atoms with Gasteiger partial charge in [0.2, 0.25) is 0 Å². The van der Waals surface area contributed by atoms with Crippen molar-refractivity contribution in [2.75, 3.05) is 4.90 Å². The van der Waals surface area contributed by atoms with Crippen molar-refractivity contribution in [2.45, 2.75) is 0 Å². The molecule has 3 heteroatoms. The van der Waals surface area contributed by atoms with Gasteiger partial charge in [-0.05, 0) is 36.4 Å². The first-order valence-electron chi connectivity index (χ1n) is 12.1. The van der Waals surface area contributed by atoms with E-state index in [1.165, 1.54) is 0 Å². The second-order valence-corrected chi connectivity index (χ2v) is 8.53. The van der Waals surface area contributed by atoms with Crippen molar-refractivity contribution in [3.05, 3.63) is 152 Å². The van der Waals surface area contributed by atoms with E-state index >= 15 is 0 Å². The zero-order valence-corrected chi connectivity index (χ0v) is 19.8. The molecular weight excluding hydrogens is 438 g/mol. The Kier molecular flexibility index (Phi) is 5.87. The van der Waals surface area contributed by atoms with E-state index in [-0.39, 0.29) is 0 Å². The van der Waals surface area contributed by atoms with Crippen LogP contribution in [-0.4, -0.2) is 9.78 Å². The Hall–Kier alpha value is -4.89. The second kappa shape index (κ2) is 9.77. The van der Waals surface area contributed by atoms with Crippen LogP contribution in [0.25, 0.3) is 28.2 Å². The third-order valence-electron chi connectivity index (χ3n) is 6.21. The predicted molar refractivity (Wildman–Crippen MR) is 149 cm³/mol. The summed E-state index contributed by atoms with van der Waals surface area (Å²) in [6.45, 7) is 0. The van der Waals surface area contributed by atoms with Crippen molar-refractivity contribution in [3.8, 4) is 28.2 Å². The molecule has 0 saturated carbocycles. The zero-order valence-electron chi connectivity index (χ0n) is 19.8. The Morgan fingerprint density at radius 3 is 1.36 bits per heavy atom. The number of hydrogen-bond acceptors (Lipinski definition) is 2. The summed E-state index contributed by atoms with van der Waals surface area (Å²) < 4.78 is 2.08. The van der Waals surface area contributed by atoms with Crippen LogP contribution in [0.15, 0.2) is 152 Å². The van der Waals surface area contributed by atoms with Gasteiger partial charge in [-0.15, -0.1) is 0 Å². The topological polar surface area (TPSA) is 21.1 Å². The molecule has 0 aliphatic carbocycles. The van der Waals surface area contributed by atoms with E-state index in [9.17, 15) is 0 Å². The molecule has 0 amide bonds. The van der Waals surface area contributed by atoms with Gasteiger partial charge < -0.3 is 4.90 Å². The molecule has 0 atom stereocenters. The van der Waals surface area contributed by atoms with Crippen molar-refractivity contribution in [1.82, 2.24) is 9.78 Å². The van der Waals surface area contributed by atoms with E-state index in [0.717, 1.165) is 45.3 Å². The molecule has 0 aliphatic heterocycles. The second-order valence-electron chi connectivity index (χ2n) is 8.53. The molecule has 0 spiro atoms. The Bertz CT molecular complexity index is 1500. The maximum absolute atomic E-state index is 5.27. The quantitative estimate of drug-likeness (QED) is 0.246. The molecule has 1 heterocycles. The minimum atomic E-state index is 0.922. The first kappa shape index (κ1) is 21.6. The number of aromatic nitrogens is 2. The Morgan fingerprint density at radius 1 is 0.444 bits per heavy atom. The summed E-state index contributed by atoms with van der Waals surface area (Å²) in [5.74, 6) is 0. The smallest absolute Gasteiger partial charge is 0.117 e. The van der Waals surface area contributed by atoms with Gasteiger partial charge in [0.1, 0.15) is 11.4 Å². The highest BCUT2D eigenvalue weighted by atomic mass is 15.3. The number of nitrogens with zero attached hydrogens (tertiary/aromatic N) is 3. The molecule has 0 unspecified atom stereocenters. The number of rotatable bonds is 6.